The van der Waals surface area contributed by atoms with E-state index in [9.17, 15) is 0 Å². The lowest BCUT2D eigenvalue weighted by Gasteiger charge is -2.26. The van der Waals surface area contributed by atoms with Crippen molar-refractivity contribution >= 4 is 70.4 Å². The Morgan fingerprint density at radius 3 is 1.51 bits per heavy atom. The zero-order valence-corrected chi connectivity index (χ0v) is 28.6. The van der Waals surface area contributed by atoms with Gasteiger partial charge in [-0.2, -0.15) is 0 Å². The third-order valence-electron chi connectivity index (χ3n) is 10.0. The first kappa shape index (κ1) is 29.5. The van der Waals surface area contributed by atoms with Crippen LogP contribution in [0.2, 0.25) is 0 Å². The van der Waals surface area contributed by atoms with Crippen molar-refractivity contribution in [2.75, 3.05) is 4.90 Å². The second-order valence-electron chi connectivity index (χ2n) is 13.0. The number of thiophene rings is 1. The summed E-state index contributed by atoms with van der Waals surface area (Å²) in [6, 6.07) is 70.2. The van der Waals surface area contributed by atoms with Crippen LogP contribution in [0.4, 0.5) is 17.1 Å². The van der Waals surface area contributed by atoms with Gasteiger partial charge in [-0.25, -0.2) is 0 Å². The molecule has 2 aromatic heterocycles. The van der Waals surface area contributed by atoms with E-state index in [-0.39, 0.29) is 0 Å². The van der Waals surface area contributed by atoms with Gasteiger partial charge < -0.3 is 9.47 Å². The van der Waals surface area contributed by atoms with Crippen molar-refractivity contribution < 1.29 is 0 Å². The molecule has 0 aliphatic carbocycles. The summed E-state index contributed by atoms with van der Waals surface area (Å²) in [5, 5.41) is 5.20. The zero-order chi connectivity index (χ0) is 33.7. The highest BCUT2D eigenvalue weighted by Gasteiger charge is 2.16. The molecular formula is C48H32N2S. The van der Waals surface area contributed by atoms with Gasteiger partial charge in [-0.15, -0.1) is 11.3 Å². The molecule has 0 aliphatic rings. The molecule has 0 aliphatic heterocycles. The van der Waals surface area contributed by atoms with Gasteiger partial charge in [-0.1, -0.05) is 127 Å². The van der Waals surface area contributed by atoms with E-state index in [0.717, 1.165) is 22.7 Å². The standard InChI is InChI=1S/C48H32N2S/c1-2-11-36(12-3-1)49(38-29-31-39(32-30-38)50-45-18-7-4-13-41(45)42-14-5-8-19-46(42)50)37-27-25-34(26-28-37)33-21-23-35(24-22-33)40-16-10-17-44-43-15-6-9-20-47(43)51-48(40)44/h1-32H. The maximum Gasteiger partial charge on any atom is 0.0541 e. The number of fused-ring (bicyclic) bond motifs is 6. The molecule has 51 heavy (non-hydrogen) atoms. The maximum absolute atomic E-state index is 2.37. The quantitative estimate of drug-likeness (QED) is 0.171. The number of nitrogens with zero attached hydrogens (tertiary/aromatic N) is 2. The number of rotatable bonds is 6. The largest absolute Gasteiger partial charge is 0.311 e. The van der Waals surface area contributed by atoms with Gasteiger partial charge in [0.15, 0.2) is 0 Å². The van der Waals surface area contributed by atoms with Crippen molar-refractivity contribution in [2.45, 2.75) is 0 Å². The fraction of sp³-hybridized carbons (Fsp3) is 0. The Morgan fingerprint density at radius 2 is 0.843 bits per heavy atom. The van der Waals surface area contributed by atoms with Gasteiger partial charge in [0.1, 0.15) is 0 Å². The molecule has 10 rings (SSSR count). The smallest absolute Gasteiger partial charge is 0.0541 e. The second kappa shape index (κ2) is 12.2. The van der Waals surface area contributed by atoms with Crippen LogP contribution in [-0.4, -0.2) is 4.57 Å². The molecule has 3 heteroatoms. The Labute approximate surface area is 300 Å². The summed E-state index contributed by atoms with van der Waals surface area (Å²) in [6.07, 6.45) is 0. The number of benzene rings is 8. The highest BCUT2D eigenvalue weighted by molar-refractivity contribution is 7.26. The molecule has 0 saturated carbocycles. The fourth-order valence-corrected chi connectivity index (χ4v) is 8.83. The molecule has 8 aromatic carbocycles. The lowest BCUT2D eigenvalue weighted by atomic mass is 9.99. The van der Waals surface area contributed by atoms with E-state index in [1.807, 2.05) is 11.3 Å². The number of aromatic nitrogens is 1. The van der Waals surface area contributed by atoms with Crippen LogP contribution in [0.15, 0.2) is 194 Å². The fourth-order valence-electron chi connectivity index (χ4n) is 7.60. The number of hydrogen-bond donors (Lipinski definition) is 0. The Kier molecular flexibility index (Phi) is 7.04. The molecule has 2 nitrogen and oxygen atoms in total. The lowest BCUT2D eigenvalue weighted by Crippen LogP contribution is -2.10. The van der Waals surface area contributed by atoms with Crippen LogP contribution in [0.25, 0.3) is 69.9 Å². The van der Waals surface area contributed by atoms with Crippen LogP contribution in [0.5, 0.6) is 0 Å². The predicted molar refractivity (Wildman–Crippen MR) is 219 cm³/mol. The molecule has 0 bridgehead atoms. The van der Waals surface area contributed by atoms with Crippen molar-refractivity contribution in [3.05, 3.63) is 194 Å². The van der Waals surface area contributed by atoms with Crippen molar-refractivity contribution in [1.82, 2.24) is 4.57 Å². The van der Waals surface area contributed by atoms with Gasteiger partial charge in [0, 0.05) is 53.7 Å². The van der Waals surface area contributed by atoms with E-state index in [4.69, 9.17) is 0 Å². The summed E-state index contributed by atoms with van der Waals surface area (Å²) in [7, 11) is 0. The van der Waals surface area contributed by atoms with Gasteiger partial charge in [0.2, 0.25) is 0 Å². The third kappa shape index (κ3) is 5.01. The van der Waals surface area contributed by atoms with Crippen LogP contribution in [-0.2, 0) is 0 Å². The van der Waals surface area contributed by atoms with Crippen LogP contribution < -0.4 is 4.90 Å². The summed E-state index contributed by atoms with van der Waals surface area (Å²) in [5.74, 6) is 0. The van der Waals surface area contributed by atoms with Crippen molar-refractivity contribution in [2.24, 2.45) is 0 Å². The van der Waals surface area contributed by atoms with E-state index >= 15 is 0 Å². The molecule has 0 radical (unpaired) electrons. The monoisotopic (exact) mass is 668 g/mol. The maximum atomic E-state index is 2.37. The van der Waals surface area contributed by atoms with Gasteiger partial charge in [-0.3, -0.25) is 0 Å². The van der Waals surface area contributed by atoms with Gasteiger partial charge >= 0.3 is 0 Å². The van der Waals surface area contributed by atoms with Crippen LogP contribution in [0, 0.1) is 0 Å². The number of anilines is 3. The highest BCUT2D eigenvalue weighted by atomic mass is 32.1. The average Bonchev–Trinajstić information content (AvgIpc) is 3.75. The molecule has 0 fully saturated rings. The van der Waals surface area contributed by atoms with Crippen molar-refractivity contribution in [3.8, 4) is 27.9 Å². The molecular weight excluding hydrogens is 637 g/mol. The molecule has 240 valence electrons. The Hall–Kier alpha value is -6.42. The molecule has 0 unspecified atom stereocenters. The molecule has 10 aromatic rings. The first-order chi connectivity index (χ1) is 25.3. The van der Waals surface area contributed by atoms with Gasteiger partial charge in [0.05, 0.1) is 11.0 Å². The summed E-state index contributed by atoms with van der Waals surface area (Å²) in [6.45, 7) is 0. The highest BCUT2D eigenvalue weighted by Crippen LogP contribution is 2.41. The van der Waals surface area contributed by atoms with Crippen LogP contribution in [0.3, 0.4) is 0 Å². The third-order valence-corrected chi connectivity index (χ3v) is 11.2. The second-order valence-corrected chi connectivity index (χ2v) is 14.0. The molecule has 0 saturated heterocycles. The first-order valence-corrected chi connectivity index (χ1v) is 18.2. The Balaban J connectivity index is 0.980. The van der Waals surface area contributed by atoms with E-state index < -0.39 is 0 Å². The predicted octanol–water partition coefficient (Wildman–Crippen LogP) is 14.0. The Bertz CT molecular complexity index is 2770. The summed E-state index contributed by atoms with van der Waals surface area (Å²) < 4.78 is 5.05. The number of hydrogen-bond acceptors (Lipinski definition) is 2. The molecule has 0 atom stereocenters. The van der Waals surface area contributed by atoms with Crippen LogP contribution >= 0.6 is 11.3 Å². The molecule has 0 amide bonds. The minimum absolute atomic E-state index is 1.11. The van der Waals surface area contributed by atoms with Crippen molar-refractivity contribution in [3.63, 3.8) is 0 Å². The topological polar surface area (TPSA) is 8.17 Å². The first-order valence-electron chi connectivity index (χ1n) is 17.4. The summed E-state index contributed by atoms with van der Waals surface area (Å²) >= 11 is 1.88. The molecule has 0 N–H and O–H groups in total. The van der Waals surface area contributed by atoms with Crippen LogP contribution in [0.1, 0.15) is 0 Å². The van der Waals surface area contributed by atoms with Gasteiger partial charge in [-0.05, 0) is 89.0 Å². The van der Waals surface area contributed by atoms with E-state index in [1.54, 1.807) is 0 Å². The summed E-state index contributed by atoms with van der Waals surface area (Å²) in [5.41, 5.74) is 11.8. The zero-order valence-electron chi connectivity index (χ0n) is 27.8. The molecule has 0 spiro atoms. The van der Waals surface area contributed by atoms with E-state index in [1.165, 1.54) is 64.2 Å². The SMILES string of the molecule is c1ccc(N(c2ccc(-c3ccc(-c4cccc5c4sc4ccccc45)cc3)cc2)c2ccc(-n3c4ccccc4c4ccccc43)cc2)cc1. The van der Waals surface area contributed by atoms with Crippen molar-refractivity contribution in [1.29, 1.82) is 0 Å². The minimum atomic E-state index is 1.11. The molecule has 2 heterocycles. The normalized spacial score (nSPS) is 11.5. The van der Waals surface area contributed by atoms with Gasteiger partial charge in [0.25, 0.3) is 0 Å². The number of para-hydroxylation sites is 3. The van der Waals surface area contributed by atoms with E-state index in [2.05, 4.69) is 204 Å². The van der Waals surface area contributed by atoms with E-state index in [0.29, 0.717) is 0 Å². The minimum Gasteiger partial charge on any atom is -0.311 e. The lowest BCUT2D eigenvalue weighted by molar-refractivity contribution is 1.17. The Morgan fingerprint density at radius 1 is 0.353 bits per heavy atom. The summed E-state index contributed by atoms with van der Waals surface area (Å²) in [4.78, 5) is 2.33. The average molecular weight is 669 g/mol.